The van der Waals surface area contributed by atoms with Crippen LogP contribution in [0.5, 0.6) is 5.75 Å². The normalized spacial score (nSPS) is 16.8. The van der Waals surface area contributed by atoms with Crippen molar-refractivity contribution in [2.45, 2.75) is 25.4 Å². The summed E-state index contributed by atoms with van der Waals surface area (Å²) in [5.41, 5.74) is 0.542. The van der Waals surface area contributed by atoms with Crippen LogP contribution in [0.2, 0.25) is 0 Å². The Morgan fingerprint density at radius 3 is 2.77 bits per heavy atom. The fourth-order valence-corrected chi connectivity index (χ4v) is 2.56. The number of ether oxygens (including phenoxy) is 2. The zero-order valence-corrected chi connectivity index (χ0v) is 13.0. The number of rotatable bonds is 6. The molecule has 1 unspecified atom stereocenters. The number of nitrogens with one attached hydrogen (secondary N) is 1. The number of nitrogens with zero attached hydrogens (tertiary/aromatic N) is 1. The van der Waals surface area contributed by atoms with Crippen LogP contribution in [0.25, 0.3) is 0 Å². The maximum absolute atomic E-state index is 11.8. The number of amides is 1. The van der Waals surface area contributed by atoms with E-state index in [1.807, 2.05) is 6.07 Å². The first-order valence-electron chi connectivity index (χ1n) is 7.66. The lowest BCUT2D eigenvalue weighted by atomic mass is 10.1. The van der Waals surface area contributed by atoms with Crippen molar-refractivity contribution in [3.05, 3.63) is 24.3 Å². The lowest BCUT2D eigenvalue weighted by Crippen LogP contribution is -2.38. The molecule has 1 aromatic carbocycles. The van der Waals surface area contributed by atoms with Crippen LogP contribution in [0.4, 0.5) is 10.5 Å². The molecule has 1 saturated heterocycles. The molecule has 6 heteroatoms. The zero-order chi connectivity index (χ0) is 15.8. The molecule has 22 heavy (non-hydrogen) atoms. The quantitative estimate of drug-likeness (QED) is 0.842. The molecule has 0 radical (unpaired) electrons. The number of para-hydroxylation sites is 2. The van der Waals surface area contributed by atoms with Gasteiger partial charge in [-0.25, -0.2) is 4.79 Å². The SMILES string of the molecule is COc1ccccc1NC(=O)OCC(O)CN1CCCCC1. The van der Waals surface area contributed by atoms with Crippen molar-refractivity contribution in [2.24, 2.45) is 0 Å². The van der Waals surface area contributed by atoms with Crippen LogP contribution in [0, 0.1) is 0 Å². The van der Waals surface area contributed by atoms with Gasteiger partial charge in [0.1, 0.15) is 18.5 Å². The van der Waals surface area contributed by atoms with Crippen molar-refractivity contribution < 1.29 is 19.4 Å². The fourth-order valence-electron chi connectivity index (χ4n) is 2.56. The predicted molar refractivity (Wildman–Crippen MR) is 84.3 cm³/mol. The third-order valence-corrected chi connectivity index (χ3v) is 3.67. The molecule has 1 aliphatic rings. The van der Waals surface area contributed by atoms with E-state index in [1.165, 1.54) is 26.4 Å². The molecular weight excluding hydrogens is 284 g/mol. The van der Waals surface area contributed by atoms with Crippen molar-refractivity contribution in [3.8, 4) is 5.75 Å². The Morgan fingerprint density at radius 2 is 2.05 bits per heavy atom. The van der Waals surface area contributed by atoms with E-state index in [-0.39, 0.29) is 6.61 Å². The highest BCUT2D eigenvalue weighted by Crippen LogP contribution is 2.23. The summed E-state index contributed by atoms with van der Waals surface area (Å²) in [5.74, 6) is 0.563. The fraction of sp³-hybridized carbons (Fsp3) is 0.562. The Hall–Kier alpha value is -1.79. The van der Waals surface area contributed by atoms with Crippen molar-refractivity contribution in [1.29, 1.82) is 0 Å². The maximum Gasteiger partial charge on any atom is 0.411 e. The molecule has 0 saturated carbocycles. The molecule has 2 N–H and O–H groups in total. The molecule has 6 nitrogen and oxygen atoms in total. The molecule has 0 spiro atoms. The molecule has 122 valence electrons. The standard InChI is InChI=1S/C16H24N2O4/c1-21-15-8-4-3-7-14(15)17-16(20)22-12-13(19)11-18-9-5-2-6-10-18/h3-4,7-8,13,19H,2,5-6,9-12H2,1H3,(H,17,20). The summed E-state index contributed by atoms with van der Waals surface area (Å²) in [4.78, 5) is 14.0. The molecule has 0 aliphatic carbocycles. The zero-order valence-electron chi connectivity index (χ0n) is 13.0. The summed E-state index contributed by atoms with van der Waals surface area (Å²) in [5, 5.41) is 12.6. The van der Waals surface area contributed by atoms with E-state index < -0.39 is 12.2 Å². The highest BCUT2D eigenvalue weighted by Gasteiger charge is 2.16. The Balaban J connectivity index is 1.72. The van der Waals surface area contributed by atoms with Gasteiger partial charge in [0.25, 0.3) is 0 Å². The number of aliphatic hydroxyl groups is 1. The Morgan fingerprint density at radius 1 is 1.32 bits per heavy atom. The van der Waals surface area contributed by atoms with Gasteiger partial charge in [-0.3, -0.25) is 5.32 Å². The molecular formula is C16H24N2O4. The lowest BCUT2D eigenvalue weighted by Gasteiger charge is -2.28. The second-order valence-electron chi connectivity index (χ2n) is 5.44. The Labute approximate surface area is 131 Å². The van der Waals surface area contributed by atoms with Gasteiger partial charge in [-0.05, 0) is 38.1 Å². The first kappa shape index (κ1) is 16.6. The van der Waals surface area contributed by atoms with Gasteiger partial charge in [0.05, 0.1) is 12.8 Å². The molecule has 0 bridgehead atoms. The number of anilines is 1. The second kappa shape index (κ2) is 8.60. The molecule has 1 atom stereocenters. The summed E-state index contributed by atoms with van der Waals surface area (Å²) in [6.07, 6.45) is 2.33. The first-order chi connectivity index (χ1) is 10.7. The smallest absolute Gasteiger partial charge is 0.411 e. The molecule has 1 amide bonds. The number of piperidine rings is 1. The molecule has 2 rings (SSSR count). The van der Waals surface area contributed by atoms with Crippen molar-refractivity contribution in [2.75, 3.05) is 38.7 Å². The lowest BCUT2D eigenvalue weighted by molar-refractivity contribution is 0.0437. The average Bonchev–Trinajstić information content (AvgIpc) is 2.54. The summed E-state index contributed by atoms with van der Waals surface area (Å²) in [6, 6.07) is 7.09. The van der Waals surface area contributed by atoms with Crippen LogP contribution in [0.3, 0.4) is 0 Å². The number of likely N-dealkylation sites (tertiary alicyclic amines) is 1. The monoisotopic (exact) mass is 308 g/mol. The molecule has 0 aromatic heterocycles. The molecule has 1 aromatic rings. The number of benzene rings is 1. The minimum Gasteiger partial charge on any atom is -0.495 e. The molecule has 1 fully saturated rings. The summed E-state index contributed by atoms with van der Waals surface area (Å²) < 4.78 is 10.2. The number of carbonyl (C=O) groups excluding carboxylic acids is 1. The van der Waals surface area contributed by atoms with Crippen LogP contribution in [0.1, 0.15) is 19.3 Å². The van der Waals surface area contributed by atoms with Crippen LogP contribution in [-0.2, 0) is 4.74 Å². The highest BCUT2D eigenvalue weighted by atomic mass is 16.6. The highest BCUT2D eigenvalue weighted by molar-refractivity contribution is 5.86. The van der Waals surface area contributed by atoms with E-state index >= 15 is 0 Å². The number of methoxy groups -OCH3 is 1. The van der Waals surface area contributed by atoms with Crippen molar-refractivity contribution >= 4 is 11.8 Å². The van der Waals surface area contributed by atoms with E-state index in [4.69, 9.17) is 9.47 Å². The van der Waals surface area contributed by atoms with Gasteiger partial charge in [-0.1, -0.05) is 18.6 Å². The molecule has 1 aliphatic heterocycles. The van der Waals surface area contributed by atoms with Gasteiger partial charge in [-0.15, -0.1) is 0 Å². The Bertz CT molecular complexity index is 475. The van der Waals surface area contributed by atoms with E-state index in [1.54, 1.807) is 18.2 Å². The molecule has 1 heterocycles. The van der Waals surface area contributed by atoms with Gasteiger partial charge in [0, 0.05) is 6.54 Å². The third kappa shape index (κ3) is 5.20. The minimum absolute atomic E-state index is 0.0164. The second-order valence-corrected chi connectivity index (χ2v) is 5.44. The number of aliphatic hydroxyl groups excluding tert-OH is 1. The van der Waals surface area contributed by atoms with Crippen LogP contribution in [0.15, 0.2) is 24.3 Å². The van der Waals surface area contributed by atoms with E-state index in [0.717, 1.165) is 13.1 Å². The van der Waals surface area contributed by atoms with Crippen LogP contribution >= 0.6 is 0 Å². The maximum atomic E-state index is 11.8. The van der Waals surface area contributed by atoms with Gasteiger partial charge >= 0.3 is 6.09 Å². The summed E-state index contributed by atoms with van der Waals surface area (Å²) >= 11 is 0. The van der Waals surface area contributed by atoms with Gasteiger partial charge in [0.15, 0.2) is 0 Å². The summed E-state index contributed by atoms with van der Waals surface area (Å²) in [6.45, 7) is 2.54. The summed E-state index contributed by atoms with van der Waals surface area (Å²) in [7, 11) is 1.54. The number of carbonyl (C=O) groups is 1. The van der Waals surface area contributed by atoms with Crippen LogP contribution < -0.4 is 10.1 Å². The van der Waals surface area contributed by atoms with Gasteiger partial charge in [-0.2, -0.15) is 0 Å². The van der Waals surface area contributed by atoms with Crippen molar-refractivity contribution in [3.63, 3.8) is 0 Å². The minimum atomic E-state index is -0.665. The van der Waals surface area contributed by atoms with Gasteiger partial charge in [0.2, 0.25) is 0 Å². The third-order valence-electron chi connectivity index (χ3n) is 3.67. The first-order valence-corrected chi connectivity index (χ1v) is 7.66. The average molecular weight is 308 g/mol. The Kier molecular flexibility index (Phi) is 6.48. The van der Waals surface area contributed by atoms with Crippen molar-refractivity contribution in [1.82, 2.24) is 4.90 Å². The van der Waals surface area contributed by atoms with E-state index in [2.05, 4.69) is 10.2 Å². The number of hydrogen-bond acceptors (Lipinski definition) is 5. The topological polar surface area (TPSA) is 71.0 Å². The van der Waals surface area contributed by atoms with Crippen LogP contribution in [-0.4, -0.2) is 55.6 Å². The predicted octanol–water partition coefficient (Wildman–Crippen LogP) is 2.09. The number of hydrogen-bond donors (Lipinski definition) is 2. The van der Waals surface area contributed by atoms with E-state index in [9.17, 15) is 9.90 Å². The van der Waals surface area contributed by atoms with E-state index in [0.29, 0.717) is 18.0 Å². The largest absolute Gasteiger partial charge is 0.495 e. The number of β-amino-alcohol motifs (C(OH)–C–C–N with tert-alkyl or cyclic N) is 1. The van der Waals surface area contributed by atoms with Gasteiger partial charge < -0.3 is 19.5 Å².